The average molecular weight is 317 g/mol. The summed E-state index contributed by atoms with van der Waals surface area (Å²) in [4.78, 5) is 2.49. The number of ether oxygens (including phenoxy) is 1. The molecule has 2 aliphatic carbocycles. The predicted molar refractivity (Wildman–Crippen MR) is 65.3 cm³/mol. The second kappa shape index (κ2) is 3.90. The SMILES string of the molecule is NC1=[NH+]C(O)C2C3OC4([O-])CC(C(O)C2(N1)[C@@H]4O)C3(O)CO. The van der Waals surface area contributed by atoms with Crippen LogP contribution in [0.15, 0.2) is 0 Å². The lowest BCUT2D eigenvalue weighted by molar-refractivity contribution is -0.654. The summed E-state index contributed by atoms with van der Waals surface area (Å²) >= 11 is 0. The summed E-state index contributed by atoms with van der Waals surface area (Å²) < 4.78 is 5.33. The van der Waals surface area contributed by atoms with Crippen LogP contribution in [0.1, 0.15) is 6.42 Å². The molecule has 124 valence electrons. The molecule has 4 bridgehead atoms. The van der Waals surface area contributed by atoms with Crippen molar-refractivity contribution in [3.63, 3.8) is 0 Å². The second-order valence-corrected chi connectivity index (χ2v) is 6.74. The van der Waals surface area contributed by atoms with Crippen molar-refractivity contribution in [3.8, 4) is 0 Å². The van der Waals surface area contributed by atoms with Gasteiger partial charge in [0.1, 0.15) is 23.3 Å². The van der Waals surface area contributed by atoms with Crippen molar-refractivity contribution in [2.45, 2.75) is 47.9 Å². The van der Waals surface area contributed by atoms with E-state index in [0.717, 1.165) is 0 Å². The summed E-state index contributed by atoms with van der Waals surface area (Å²) in [6.07, 6.45) is -6.09. The van der Waals surface area contributed by atoms with Crippen LogP contribution in [0.25, 0.3) is 0 Å². The van der Waals surface area contributed by atoms with E-state index in [9.17, 15) is 30.6 Å². The molecule has 10 heteroatoms. The fourth-order valence-electron chi connectivity index (χ4n) is 4.87. The number of aliphatic hydroxyl groups is 5. The van der Waals surface area contributed by atoms with Crippen molar-refractivity contribution in [3.05, 3.63) is 0 Å². The number of guanidine groups is 1. The van der Waals surface area contributed by atoms with Gasteiger partial charge >= 0.3 is 5.96 Å². The van der Waals surface area contributed by atoms with E-state index in [2.05, 4.69) is 10.3 Å². The Kier molecular flexibility index (Phi) is 2.58. The Morgan fingerprint density at radius 1 is 1.41 bits per heavy atom. The molecular formula is C12H19N3O7. The quantitative estimate of drug-likeness (QED) is 0.232. The number of aliphatic hydroxyl groups excluding tert-OH is 4. The third-order valence-corrected chi connectivity index (χ3v) is 5.83. The van der Waals surface area contributed by atoms with Gasteiger partial charge in [0, 0.05) is 11.7 Å². The molecule has 22 heavy (non-hydrogen) atoms. The minimum Gasteiger partial charge on any atom is -0.826 e. The summed E-state index contributed by atoms with van der Waals surface area (Å²) in [5.74, 6) is -4.45. The van der Waals surface area contributed by atoms with E-state index in [1.54, 1.807) is 0 Å². The van der Waals surface area contributed by atoms with Gasteiger partial charge in [-0.3, -0.25) is 16.0 Å². The van der Waals surface area contributed by atoms with Gasteiger partial charge in [0.15, 0.2) is 6.23 Å². The lowest BCUT2D eigenvalue weighted by Crippen LogP contribution is -3.03. The molecule has 3 heterocycles. The van der Waals surface area contributed by atoms with E-state index < -0.39 is 59.9 Å². The Balaban J connectivity index is 1.95. The molecule has 1 spiro atoms. The maximum absolute atomic E-state index is 12.8. The molecule has 0 aromatic carbocycles. The molecule has 5 rings (SSSR count). The number of nitrogens with one attached hydrogen (secondary N) is 2. The highest BCUT2D eigenvalue weighted by Crippen LogP contribution is 2.59. The largest absolute Gasteiger partial charge is 0.826 e. The Morgan fingerprint density at radius 3 is 2.73 bits per heavy atom. The molecule has 0 amide bonds. The third kappa shape index (κ3) is 1.29. The maximum atomic E-state index is 12.8. The van der Waals surface area contributed by atoms with Crippen LogP contribution in [0, 0.1) is 11.8 Å². The van der Waals surface area contributed by atoms with Gasteiger partial charge in [0.05, 0.1) is 18.6 Å². The van der Waals surface area contributed by atoms with Gasteiger partial charge in [-0.1, -0.05) is 0 Å². The lowest BCUT2D eigenvalue weighted by atomic mass is 9.47. The number of rotatable bonds is 1. The molecule has 2 saturated heterocycles. The van der Waals surface area contributed by atoms with Gasteiger partial charge in [-0.15, -0.1) is 0 Å². The highest BCUT2D eigenvalue weighted by atomic mass is 16.7. The molecule has 0 aromatic heterocycles. The van der Waals surface area contributed by atoms with Crippen LogP contribution in [0.4, 0.5) is 0 Å². The Morgan fingerprint density at radius 2 is 2.09 bits per heavy atom. The standard InChI is InChI=1S/C12H18N3O7/c13-9-14-7(18)4-6-10(20,2-16)3-1-11(21,22-6)8(19)12(4,15-9)5(3)17/h3-8,16-20H,1-2H2,(H3,13,14,15)/q-1/p+1/t3?,4?,5?,6?,7?,8-,10?,11?,12?/m1/s1. The lowest BCUT2D eigenvalue weighted by Gasteiger charge is -2.74. The maximum Gasteiger partial charge on any atom is 0.343 e. The minimum atomic E-state index is -2.25. The van der Waals surface area contributed by atoms with E-state index in [1.807, 2.05) is 0 Å². The molecule has 4 fully saturated rings. The summed E-state index contributed by atoms with van der Waals surface area (Å²) in [6, 6.07) is 0. The number of nitrogens with two attached hydrogens (primary N) is 1. The molecule has 9 atom stereocenters. The summed E-state index contributed by atoms with van der Waals surface area (Å²) in [6.45, 7) is -0.746. The molecule has 8 unspecified atom stereocenters. The smallest absolute Gasteiger partial charge is 0.343 e. The molecule has 2 saturated carbocycles. The zero-order valence-electron chi connectivity index (χ0n) is 11.5. The topological polar surface area (TPSA) is 185 Å². The van der Waals surface area contributed by atoms with Crippen molar-refractivity contribution in [2.75, 3.05) is 6.61 Å². The second-order valence-electron chi connectivity index (χ2n) is 6.74. The minimum absolute atomic E-state index is 0.0973. The summed E-state index contributed by atoms with van der Waals surface area (Å²) in [5.41, 5.74) is 2.11. The van der Waals surface area contributed by atoms with Crippen molar-refractivity contribution in [1.82, 2.24) is 5.32 Å². The highest BCUT2D eigenvalue weighted by molar-refractivity contribution is 5.74. The summed E-state index contributed by atoms with van der Waals surface area (Å²) in [5, 5.41) is 67.3. The Bertz CT molecular complexity index is 561. The van der Waals surface area contributed by atoms with E-state index in [4.69, 9.17) is 10.5 Å². The van der Waals surface area contributed by atoms with Crippen LogP contribution in [0.5, 0.6) is 0 Å². The van der Waals surface area contributed by atoms with Crippen molar-refractivity contribution < 1.29 is 40.4 Å². The van der Waals surface area contributed by atoms with Crippen molar-refractivity contribution in [2.24, 2.45) is 17.6 Å². The van der Waals surface area contributed by atoms with Gasteiger partial charge in [0.25, 0.3) is 0 Å². The van der Waals surface area contributed by atoms with Gasteiger partial charge in [-0.2, -0.15) is 0 Å². The van der Waals surface area contributed by atoms with E-state index in [0.29, 0.717) is 0 Å². The third-order valence-electron chi connectivity index (χ3n) is 5.83. The Labute approximate surface area is 124 Å². The summed E-state index contributed by atoms with van der Waals surface area (Å²) in [7, 11) is 0. The molecular weight excluding hydrogens is 298 g/mol. The highest BCUT2D eigenvalue weighted by Gasteiger charge is 2.80. The predicted octanol–water partition coefficient (Wildman–Crippen LogP) is -7.41. The first kappa shape index (κ1) is 14.6. The normalized spacial score (nSPS) is 62.4. The fourth-order valence-corrected chi connectivity index (χ4v) is 4.87. The monoisotopic (exact) mass is 317 g/mol. The van der Waals surface area contributed by atoms with E-state index >= 15 is 0 Å². The number of hydrogen-bond donors (Lipinski definition) is 8. The van der Waals surface area contributed by atoms with Crippen molar-refractivity contribution in [1.29, 1.82) is 0 Å². The van der Waals surface area contributed by atoms with Crippen molar-refractivity contribution >= 4 is 5.96 Å². The first-order valence-corrected chi connectivity index (χ1v) is 7.13. The molecule has 3 aliphatic heterocycles. The first-order valence-electron chi connectivity index (χ1n) is 7.13. The molecule has 0 aromatic rings. The Hall–Kier alpha value is -1.01. The molecule has 0 radical (unpaired) electrons. The van der Waals surface area contributed by atoms with Crippen LogP contribution in [0.3, 0.4) is 0 Å². The van der Waals surface area contributed by atoms with Crippen LogP contribution in [-0.4, -0.2) is 79.6 Å². The molecule has 10 nitrogen and oxygen atoms in total. The fraction of sp³-hybridized carbons (Fsp3) is 0.917. The van der Waals surface area contributed by atoms with Gasteiger partial charge in [-0.25, -0.2) is 0 Å². The first-order chi connectivity index (χ1) is 10.2. The molecule has 5 aliphatic rings. The molecule has 9 N–H and O–H groups in total. The van der Waals surface area contributed by atoms with Crippen LogP contribution < -0.4 is 21.1 Å². The van der Waals surface area contributed by atoms with E-state index in [1.165, 1.54) is 0 Å². The van der Waals surface area contributed by atoms with Crippen LogP contribution in [0.2, 0.25) is 0 Å². The van der Waals surface area contributed by atoms with Gasteiger partial charge in [0.2, 0.25) is 0 Å². The van der Waals surface area contributed by atoms with Crippen LogP contribution in [-0.2, 0) is 4.74 Å². The average Bonchev–Trinajstić information content (AvgIpc) is 2.45. The van der Waals surface area contributed by atoms with E-state index in [-0.39, 0.29) is 12.4 Å². The van der Waals surface area contributed by atoms with Gasteiger partial charge < -0.3 is 35.4 Å². The van der Waals surface area contributed by atoms with Crippen LogP contribution >= 0.6 is 0 Å². The van der Waals surface area contributed by atoms with Gasteiger partial charge in [-0.05, 0) is 6.42 Å². The zero-order chi connectivity index (χ0) is 16.1. The number of hydrogen-bond acceptors (Lipinski definition) is 9. The zero-order valence-corrected chi connectivity index (χ0v) is 11.5.